The van der Waals surface area contributed by atoms with Gasteiger partial charge in [-0.2, -0.15) is 0 Å². The zero-order valence-electron chi connectivity index (χ0n) is 12.3. The third-order valence-electron chi connectivity index (χ3n) is 3.17. The van der Waals surface area contributed by atoms with E-state index in [1.54, 1.807) is 6.20 Å². The zero-order chi connectivity index (χ0) is 14.7. The summed E-state index contributed by atoms with van der Waals surface area (Å²) in [7, 11) is 1.16. The first-order valence-electron chi connectivity index (χ1n) is 7.14. The quantitative estimate of drug-likeness (QED) is 0.672. The second-order valence-corrected chi connectivity index (χ2v) is 6.60. The molecule has 0 aliphatic rings. The number of aryl methyl sites for hydroxylation is 1. The van der Waals surface area contributed by atoms with Crippen molar-refractivity contribution in [2.24, 2.45) is 7.05 Å². The van der Waals surface area contributed by atoms with E-state index in [0.717, 1.165) is 5.82 Å². The van der Waals surface area contributed by atoms with E-state index in [4.69, 9.17) is 1.37 Å². The third kappa shape index (κ3) is 2.81. The van der Waals surface area contributed by atoms with Crippen molar-refractivity contribution >= 4 is 18.5 Å². The van der Waals surface area contributed by atoms with Crippen LogP contribution in [-0.4, -0.2) is 9.55 Å². The summed E-state index contributed by atoms with van der Waals surface area (Å²) >= 11 is 0. The molecule has 0 aliphatic carbocycles. The van der Waals surface area contributed by atoms with Gasteiger partial charge < -0.3 is 4.57 Å². The van der Waals surface area contributed by atoms with E-state index in [1.165, 1.54) is 10.6 Å². The van der Waals surface area contributed by atoms with Gasteiger partial charge in [0.2, 0.25) is 0 Å². The number of imidazole rings is 1. The van der Waals surface area contributed by atoms with Crippen molar-refractivity contribution in [3.05, 3.63) is 78.9 Å². The van der Waals surface area contributed by atoms with Crippen molar-refractivity contribution in [2.45, 2.75) is 6.14 Å². The van der Waals surface area contributed by atoms with Crippen LogP contribution in [0, 0.1) is 0 Å². The van der Waals surface area contributed by atoms with Crippen LogP contribution < -0.4 is 10.6 Å². The minimum Gasteiger partial charge on any atom is -0.338 e. The number of nitrogens with zero attached hydrogens (tertiary/aromatic N) is 2. The first kappa shape index (κ1) is 11.9. The zero-order valence-corrected chi connectivity index (χ0v) is 12.2. The summed E-state index contributed by atoms with van der Waals surface area (Å²) in [5, 5.41) is 2.42. The van der Waals surface area contributed by atoms with Crippen molar-refractivity contribution in [2.75, 3.05) is 0 Å². The molecule has 3 rings (SSSR count). The maximum Gasteiger partial charge on any atom is 0.113 e. The lowest BCUT2D eigenvalue weighted by atomic mass is 10.4. The first-order chi connectivity index (χ1) is 10.3. The predicted molar refractivity (Wildman–Crippen MR) is 86.0 cm³/mol. The van der Waals surface area contributed by atoms with Crippen molar-refractivity contribution in [3.8, 4) is 0 Å². The van der Waals surface area contributed by atoms with E-state index in [9.17, 15) is 0 Å². The Morgan fingerprint density at radius 1 is 1.00 bits per heavy atom. The number of aromatic nitrogens is 2. The van der Waals surface area contributed by atoms with E-state index in [0.29, 0.717) is 0 Å². The predicted octanol–water partition coefficient (Wildman–Crippen LogP) is 3.05. The average molecular weight is 281 g/mol. The number of hydrogen-bond acceptors (Lipinski definition) is 1. The van der Waals surface area contributed by atoms with Gasteiger partial charge in [-0.05, 0) is 18.5 Å². The average Bonchev–Trinajstić information content (AvgIpc) is 2.96. The molecule has 3 heteroatoms. The Morgan fingerprint density at radius 3 is 2.00 bits per heavy atom. The minimum atomic E-state index is -0.796. The Kier molecular flexibility index (Phi) is 3.57. The van der Waals surface area contributed by atoms with Gasteiger partial charge in [-0.25, -0.2) is 4.98 Å². The fourth-order valence-electron chi connectivity index (χ4n) is 2.09. The molecule has 0 saturated heterocycles. The summed E-state index contributed by atoms with van der Waals surface area (Å²) < 4.78 is 10.7. The highest BCUT2D eigenvalue weighted by atomic mass is 31.1. The van der Waals surface area contributed by atoms with Gasteiger partial charge in [0.25, 0.3) is 0 Å². The van der Waals surface area contributed by atoms with E-state index in [2.05, 4.69) is 29.2 Å². The molecule has 0 N–H and O–H groups in total. The second kappa shape index (κ2) is 6.02. The maximum absolute atomic E-state index is 8.75. The summed E-state index contributed by atoms with van der Waals surface area (Å²) in [6.07, 6.45) is 3.30. The molecular weight excluding hydrogens is 263 g/mol. The summed E-state index contributed by atoms with van der Waals surface area (Å²) in [5.74, 6) is 0.814. The van der Waals surface area contributed by atoms with Crippen LogP contribution in [0.4, 0.5) is 0 Å². The molecule has 0 fully saturated rings. The largest absolute Gasteiger partial charge is 0.338 e. The van der Waals surface area contributed by atoms with E-state index < -0.39 is 7.92 Å². The molecule has 0 bridgehead atoms. The maximum atomic E-state index is 8.75. The van der Waals surface area contributed by atoms with E-state index >= 15 is 0 Å². The molecule has 3 aromatic rings. The van der Waals surface area contributed by atoms with Gasteiger partial charge in [0.05, 0.1) is 0 Å². The molecule has 1 unspecified atom stereocenters. The standard InChI is InChI=1S/C17H17N2P/c1-19-13-12-18-17(19)14-20(15-8-4-2-5-9-15)16-10-6-3-7-11-16/h2-13H,14H2,1H3/i14D. The van der Waals surface area contributed by atoms with Crippen LogP contribution in [0.1, 0.15) is 7.20 Å². The molecule has 2 nitrogen and oxygen atoms in total. The fraction of sp³-hybridized carbons (Fsp3) is 0.118. The number of rotatable bonds is 4. The van der Waals surface area contributed by atoms with Gasteiger partial charge in [0.15, 0.2) is 0 Å². The number of benzene rings is 2. The second-order valence-electron chi connectivity index (χ2n) is 4.57. The molecule has 0 spiro atoms. The van der Waals surface area contributed by atoms with Crippen LogP contribution in [-0.2, 0) is 13.2 Å². The third-order valence-corrected chi connectivity index (χ3v) is 5.37. The molecule has 0 amide bonds. The Labute approximate surface area is 122 Å². The SMILES string of the molecule is [2H]C(c1nccn1C)P(c1ccccc1)c1ccccc1. The highest BCUT2D eigenvalue weighted by Gasteiger charge is 2.16. The summed E-state index contributed by atoms with van der Waals surface area (Å²) in [5.41, 5.74) is 0. The monoisotopic (exact) mass is 281 g/mol. The lowest BCUT2D eigenvalue weighted by molar-refractivity contribution is 0.848. The molecule has 2 aromatic carbocycles. The van der Waals surface area contributed by atoms with Crippen LogP contribution in [0.15, 0.2) is 73.1 Å². The van der Waals surface area contributed by atoms with E-state index in [-0.39, 0.29) is 6.14 Å². The lowest BCUT2D eigenvalue weighted by Gasteiger charge is -2.18. The molecule has 1 atom stereocenters. The van der Waals surface area contributed by atoms with Gasteiger partial charge in [0, 0.05) is 27.0 Å². The van der Waals surface area contributed by atoms with Gasteiger partial charge in [0.1, 0.15) is 5.82 Å². The van der Waals surface area contributed by atoms with Crippen molar-refractivity contribution < 1.29 is 1.37 Å². The molecular formula is C17H17N2P. The van der Waals surface area contributed by atoms with Gasteiger partial charge >= 0.3 is 0 Å². The van der Waals surface area contributed by atoms with E-state index in [1.807, 2.05) is 54.2 Å². The van der Waals surface area contributed by atoms with Crippen LogP contribution in [0.3, 0.4) is 0 Å². The van der Waals surface area contributed by atoms with Crippen LogP contribution in [0.25, 0.3) is 0 Å². The summed E-state index contributed by atoms with van der Waals surface area (Å²) in [6, 6.07) is 20.6. The smallest absolute Gasteiger partial charge is 0.113 e. The highest BCUT2D eigenvalue weighted by Crippen LogP contribution is 2.37. The van der Waals surface area contributed by atoms with Crippen LogP contribution in [0.5, 0.6) is 0 Å². The molecule has 1 aromatic heterocycles. The molecule has 0 radical (unpaired) electrons. The lowest BCUT2D eigenvalue weighted by Crippen LogP contribution is -2.14. The molecule has 0 saturated carbocycles. The highest BCUT2D eigenvalue weighted by molar-refractivity contribution is 7.72. The fourth-order valence-corrected chi connectivity index (χ4v) is 4.16. The Balaban J connectivity index is 2.07. The van der Waals surface area contributed by atoms with Crippen LogP contribution in [0.2, 0.25) is 0 Å². The minimum absolute atomic E-state index is 0.371. The van der Waals surface area contributed by atoms with Crippen LogP contribution >= 0.6 is 7.92 Å². The Bertz CT molecular complexity index is 658. The number of hydrogen-bond donors (Lipinski definition) is 0. The first-order valence-corrected chi connectivity index (χ1v) is 7.97. The Hall–Kier alpha value is -1.92. The van der Waals surface area contributed by atoms with Gasteiger partial charge in [-0.1, -0.05) is 60.7 Å². The molecule has 20 heavy (non-hydrogen) atoms. The molecule has 1 heterocycles. The topological polar surface area (TPSA) is 17.8 Å². The summed E-state index contributed by atoms with van der Waals surface area (Å²) in [6.45, 7) is 0. The van der Waals surface area contributed by atoms with Crippen molar-refractivity contribution in [1.29, 1.82) is 0 Å². The molecule has 100 valence electrons. The van der Waals surface area contributed by atoms with Crippen molar-refractivity contribution in [3.63, 3.8) is 0 Å². The van der Waals surface area contributed by atoms with Crippen molar-refractivity contribution in [1.82, 2.24) is 9.55 Å². The summed E-state index contributed by atoms with van der Waals surface area (Å²) in [4.78, 5) is 4.38. The normalized spacial score (nSPS) is 13.2. The van der Waals surface area contributed by atoms with Gasteiger partial charge in [-0.15, -0.1) is 0 Å². The van der Waals surface area contributed by atoms with Gasteiger partial charge in [-0.3, -0.25) is 0 Å². The molecule has 0 aliphatic heterocycles. The Morgan fingerprint density at radius 2 is 1.55 bits per heavy atom.